The smallest absolute Gasteiger partial charge is 0.0965 e. The van der Waals surface area contributed by atoms with Gasteiger partial charge < -0.3 is 5.11 Å². The van der Waals surface area contributed by atoms with Crippen LogP contribution in [0.1, 0.15) is 31.7 Å². The number of hydrogen-bond acceptors (Lipinski definition) is 4. The number of benzene rings is 1. The van der Waals surface area contributed by atoms with Gasteiger partial charge in [-0.3, -0.25) is 4.90 Å². The largest absolute Gasteiger partial charge is 0.391 e. The van der Waals surface area contributed by atoms with E-state index in [1.165, 1.54) is 17.5 Å². The van der Waals surface area contributed by atoms with Crippen molar-refractivity contribution in [1.82, 2.24) is 9.88 Å². The summed E-state index contributed by atoms with van der Waals surface area (Å²) in [6, 6.07) is 8.17. The predicted octanol–water partition coefficient (Wildman–Crippen LogP) is 3.07. The van der Waals surface area contributed by atoms with Gasteiger partial charge in [-0.05, 0) is 51.9 Å². The molecule has 0 radical (unpaired) electrons. The lowest BCUT2D eigenvalue weighted by atomic mass is 9.93. The van der Waals surface area contributed by atoms with Gasteiger partial charge in [0.1, 0.15) is 0 Å². The highest BCUT2D eigenvalue weighted by Crippen LogP contribution is 2.28. The summed E-state index contributed by atoms with van der Waals surface area (Å²) in [6.07, 6.45) is 2.76. The van der Waals surface area contributed by atoms with Crippen molar-refractivity contribution in [3.8, 4) is 0 Å². The first kappa shape index (κ1) is 14.0. The Kier molecular flexibility index (Phi) is 3.80. The van der Waals surface area contributed by atoms with Gasteiger partial charge >= 0.3 is 0 Å². The zero-order valence-electron chi connectivity index (χ0n) is 12.2. The Morgan fingerprint density at radius 1 is 1.30 bits per heavy atom. The minimum atomic E-state index is -0.374. The number of aliphatic hydroxyl groups is 1. The Bertz CT molecular complexity index is 554. The molecule has 20 heavy (non-hydrogen) atoms. The van der Waals surface area contributed by atoms with E-state index in [0.29, 0.717) is 6.42 Å². The molecule has 1 atom stereocenters. The van der Waals surface area contributed by atoms with Gasteiger partial charge in [0.2, 0.25) is 0 Å². The van der Waals surface area contributed by atoms with Crippen LogP contribution < -0.4 is 0 Å². The van der Waals surface area contributed by atoms with Gasteiger partial charge in [-0.2, -0.15) is 0 Å². The summed E-state index contributed by atoms with van der Waals surface area (Å²) in [4.78, 5) is 7.04. The maximum atomic E-state index is 10.6. The predicted molar refractivity (Wildman–Crippen MR) is 84.2 cm³/mol. The molecule has 1 saturated heterocycles. The van der Waals surface area contributed by atoms with Gasteiger partial charge in [0, 0.05) is 12.0 Å². The molecule has 2 aromatic rings. The van der Waals surface area contributed by atoms with Crippen LogP contribution in [0.25, 0.3) is 10.2 Å². The van der Waals surface area contributed by atoms with Crippen molar-refractivity contribution >= 4 is 21.6 Å². The van der Waals surface area contributed by atoms with Crippen LogP contribution in [0.3, 0.4) is 0 Å². The fraction of sp³-hybridized carbons (Fsp3) is 0.562. The lowest BCUT2D eigenvalue weighted by Crippen LogP contribution is -2.51. The average Bonchev–Trinajstić information content (AvgIpc) is 3.07. The average molecular weight is 290 g/mol. The van der Waals surface area contributed by atoms with Crippen LogP contribution in [0, 0.1) is 0 Å². The van der Waals surface area contributed by atoms with Gasteiger partial charge in [-0.25, -0.2) is 4.98 Å². The molecule has 0 amide bonds. The highest BCUT2D eigenvalue weighted by Gasteiger charge is 2.36. The minimum Gasteiger partial charge on any atom is -0.391 e. The number of rotatable bonds is 4. The van der Waals surface area contributed by atoms with E-state index in [0.717, 1.165) is 23.6 Å². The molecule has 0 saturated carbocycles. The molecular formula is C16H22N2OS. The van der Waals surface area contributed by atoms with Gasteiger partial charge in [-0.1, -0.05) is 12.1 Å². The van der Waals surface area contributed by atoms with Crippen molar-refractivity contribution in [2.24, 2.45) is 0 Å². The number of aromatic nitrogens is 1. The minimum absolute atomic E-state index is 0.172. The molecule has 0 spiro atoms. The first-order chi connectivity index (χ1) is 9.57. The third-order valence-corrected chi connectivity index (χ3v) is 5.50. The van der Waals surface area contributed by atoms with Crippen molar-refractivity contribution in [3.05, 3.63) is 29.3 Å². The number of hydrogen-bond donors (Lipinski definition) is 1. The van der Waals surface area contributed by atoms with Crippen LogP contribution in [0.4, 0.5) is 0 Å². The molecule has 1 aromatic carbocycles. The van der Waals surface area contributed by atoms with Crippen molar-refractivity contribution in [3.63, 3.8) is 0 Å². The van der Waals surface area contributed by atoms with Crippen molar-refractivity contribution < 1.29 is 5.11 Å². The van der Waals surface area contributed by atoms with E-state index in [1.54, 1.807) is 11.3 Å². The zero-order valence-corrected chi connectivity index (χ0v) is 13.0. The van der Waals surface area contributed by atoms with E-state index in [2.05, 4.69) is 29.8 Å². The summed E-state index contributed by atoms with van der Waals surface area (Å²) in [5, 5.41) is 11.7. The maximum Gasteiger partial charge on any atom is 0.0965 e. The van der Waals surface area contributed by atoms with Gasteiger partial charge in [0.05, 0.1) is 21.3 Å². The van der Waals surface area contributed by atoms with E-state index in [4.69, 9.17) is 0 Å². The number of thiazole rings is 1. The molecule has 1 aliphatic rings. The summed E-state index contributed by atoms with van der Waals surface area (Å²) in [5.74, 6) is 0. The molecule has 3 nitrogen and oxygen atoms in total. The molecule has 108 valence electrons. The van der Waals surface area contributed by atoms with E-state index in [9.17, 15) is 5.11 Å². The van der Waals surface area contributed by atoms with Crippen LogP contribution in [-0.2, 0) is 6.42 Å². The second-order valence-corrected chi connectivity index (χ2v) is 7.26. The summed E-state index contributed by atoms with van der Waals surface area (Å²) < 4.78 is 1.20. The van der Waals surface area contributed by atoms with E-state index < -0.39 is 0 Å². The molecule has 1 aromatic heterocycles. The Morgan fingerprint density at radius 2 is 2.00 bits per heavy atom. The molecule has 2 heterocycles. The number of nitrogens with zero attached hydrogens (tertiary/aromatic N) is 2. The summed E-state index contributed by atoms with van der Waals surface area (Å²) in [7, 11) is 0. The molecule has 1 fully saturated rings. The van der Waals surface area contributed by atoms with Crippen molar-refractivity contribution in [1.29, 1.82) is 0 Å². The fourth-order valence-electron chi connectivity index (χ4n) is 2.93. The standard InChI is InChI=1S/C16H22N2OS/c1-16(2,18-9-5-6-10-18)14(19)11-15-17-12-7-3-4-8-13(12)20-15/h3-4,7-8,14,19H,5-6,9-11H2,1-2H3. The highest BCUT2D eigenvalue weighted by molar-refractivity contribution is 7.18. The zero-order chi connectivity index (χ0) is 14.2. The third-order valence-electron chi connectivity index (χ3n) is 4.44. The Morgan fingerprint density at radius 3 is 2.70 bits per heavy atom. The van der Waals surface area contributed by atoms with Crippen molar-refractivity contribution in [2.45, 2.75) is 44.8 Å². The molecular weight excluding hydrogens is 268 g/mol. The lowest BCUT2D eigenvalue weighted by molar-refractivity contribution is 0.00337. The molecule has 1 aliphatic heterocycles. The van der Waals surface area contributed by atoms with Gasteiger partial charge in [0.15, 0.2) is 0 Å². The second kappa shape index (κ2) is 5.43. The third kappa shape index (κ3) is 2.60. The van der Waals surface area contributed by atoms with Crippen LogP contribution >= 0.6 is 11.3 Å². The molecule has 1 unspecified atom stereocenters. The Labute approximate surface area is 124 Å². The van der Waals surface area contributed by atoms with Crippen LogP contribution in [0.15, 0.2) is 24.3 Å². The van der Waals surface area contributed by atoms with Gasteiger partial charge in [0.25, 0.3) is 0 Å². The Balaban J connectivity index is 1.75. The Hall–Kier alpha value is -0.970. The van der Waals surface area contributed by atoms with Crippen LogP contribution in [-0.4, -0.2) is 39.7 Å². The lowest BCUT2D eigenvalue weighted by Gasteiger charge is -2.39. The number of likely N-dealkylation sites (tertiary alicyclic amines) is 1. The quantitative estimate of drug-likeness (QED) is 0.940. The molecule has 0 bridgehead atoms. The van der Waals surface area contributed by atoms with E-state index >= 15 is 0 Å². The highest BCUT2D eigenvalue weighted by atomic mass is 32.1. The normalized spacial score (nSPS) is 18.8. The second-order valence-electron chi connectivity index (χ2n) is 6.14. The first-order valence-electron chi connectivity index (χ1n) is 7.35. The summed E-state index contributed by atoms with van der Waals surface area (Å²) in [5.41, 5.74) is 0.868. The molecule has 4 heteroatoms. The number of fused-ring (bicyclic) bond motifs is 1. The van der Waals surface area contributed by atoms with E-state index in [1.807, 2.05) is 18.2 Å². The number of aliphatic hydroxyl groups excluding tert-OH is 1. The SMILES string of the molecule is CC(C)(C(O)Cc1nc2ccccc2s1)N1CCCC1. The van der Waals surface area contributed by atoms with Crippen molar-refractivity contribution in [2.75, 3.05) is 13.1 Å². The topological polar surface area (TPSA) is 36.4 Å². The number of para-hydroxylation sites is 1. The maximum absolute atomic E-state index is 10.6. The molecule has 3 rings (SSSR count). The summed E-state index contributed by atoms with van der Waals surface area (Å²) in [6.45, 7) is 6.50. The fourth-order valence-corrected chi connectivity index (χ4v) is 3.93. The van der Waals surface area contributed by atoms with Crippen LogP contribution in [0.5, 0.6) is 0 Å². The monoisotopic (exact) mass is 290 g/mol. The molecule has 0 aliphatic carbocycles. The summed E-state index contributed by atoms with van der Waals surface area (Å²) >= 11 is 1.69. The van der Waals surface area contributed by atoms with Gasteiger partial charge in [-0.15, -0.1) is 11.3 Å². The first-order valence-corrected chi connectivity index (χ1v) is 8.16. The molecule has 1 N–H and O–H groups in total. The van der Waals surface area contributed by atoms with Crippen LogP contribution in [0.2, 0.25) is 0 Å². The van der Waals surface area contributed by atoms with E-state index in [-0.39, 0.29) is 11.6 Å².